The number of hydrogen-bond donors (Lipinski definition) is 2. The van der Waals surface area contributed by atoms with Crippen LogP contribution in [-0.2, 0) is 9.59 Å². The summed E-state index contributed by atoms with van der Waals surface area (Å²) in [6.07, 6.45) is 2.88. The van der Waals surface area contributed by atoms with E-state index < -0.39 is 5.97 Å². The Hall–Kier alpha value is -1.57. The Morgan fingerprint density at radius 1 is 1.41 bits per heavy atom. The van der Waals surface area contributed by atoms with Gasteiger partial charge in [-0.15, -0.1) is 11.8 Å². The van der Waals surface area contributed by atoms with E-state index in [1.807, 2.05) is 18.7 Å². The van der Waals surface area contributed by atoms with E-state index in [-0.39, 0.29) is 29.4 Å². The molecule has 0 aromatic carbocycles. The van der Waals surface area contributed by atoms with Gasteiger partial charge in [0.1, 0.15) is 5.82 Å². The van der Waals surface area contributed by atoms with E-state index >= 15 is 0 Å². The van der Waals surface area contributed by atoms with Crippen molar-refractivity contribution in [3.63, 3.8) is 0 Å². The summed E-state index contributed by atoms with van der Waals surface area (Å²) in [4.78, 5) is 29.2. The summed E-state index contributed by atoms with van der Waals surface area (Å²) < 4.78 is 0. The van der Waals surface area contributed by atoms with Crippen LogP contribution < -0.4 is 0 Å². The zero-order chi connectivity index (χ0) is 16.1. The minimum atomic E-state index is -0.898. The Bertz CT molecular complexity index is 532. The number of H-pyrrole nitrogens is 1. The molecule has 8 heteroatoms. The number of nitrogens with zero attached hydrogens (tertiary/aromatic N) is 3. The average Bonchev–Trinajstić information content (AvgIpc) is 2.96. The molecule has 1 saturated heterocycles. The highest BCUT2D eigenvalue weighted by Crippen LogP contribution is 2.29. The Morgan fingerprint density at radius 3 is 2.82 bits per heavy atom. The van der Waals surface area contributed by atoms with Gasteiger partial charge in [-0.05, 0) is 19.3 Å². The van der Waals surface area contributed by atoms with Gasteiger partial charge in [0.25, 0.3) is 0 Å². The first kappa shape index (κ1) is 16.8. The first-order chi connectivity index (χ1) is 10.5. The number of carboxylic acid groups (broad SMARTS) is 1. The molecule has 0 spiro atoms. The van der Waals surface area contributed by atoms with Crippen molar-refractivity contribution in [2.75, 3.05) is 18.1 Å². The van der Waals surface area contributed by atoms with E-state index in [1.54, 1.807) is 0 Å². The normalized spacial score (nSPS) is 18.7. The molecule has 1 amide bonds. The molecule has 2 rings (SSSR count). The summed E-state index contributed by atoms with van der Waals surface area (Å²) in [6.45, 7) is 4.74. The molecule has 0 aliphatic carbocycles. The van der Waals surface area contributed by atoms with Gasteiger partial charge < -0.3 is 10.0 Å². The molecule has 0 radical (unpaired) electrons. The van der Waals surface area contributed by atoms with Crippen LogP contribution in [0, 0.1) is 0 Å². The van der Waals surface area contributed by atoms with Gasteiger partial charge in [-0.1, -0.05) is 13.8 Å². The zero-order valence-corrected chi connectivity index (χ0v) is 13.7. The number of carboxylic acids is 1. The van der Waals surface area contributed by atoms with E-state index in [9.17, 15) is 9.59 Å². The second-order valence-corrected chi connectivity index (χ2v) is 6.70. The average molecular weight is 326 g/mol. The van der Waals surface area contributed by atoms with E-state index in [2.05, 4.69) is 15.2 Å². The monoisotopic (exact) mass is 326 g/mol. The lowest BCUT2D eigenvalue weighted by atomic mass is 10.0. The van der Waals surface area contributed by atoms with Crippen molar-refractivity contribution in [3.8, 4) is 0 Å². The maximum absolute atomic E-state index is 12.4. The number of carbonyl (C=O) groups excluding carboxylic acids is 1. The van der Waals surface area contributed by atoms with Gasteiger partial charge in [0.15, 0.2) is 5.82 Å². The number of rotatable bonds is 6. The minimum Gasteiger partial charge on any atom is -0.481 e. The van der Waals surface area contributed by atoms with Gasteiger partial charge in [-0.25, -0.2) is 4.98 Å². The molecule has 2 heterocycles. The topological polar surface area (TPSA) is 99.2 Å². The Kier molecular flexibility index (Phi) is 5.82. The highest BCUT2D eigenvalue weighted by atomic mass is 32.2. The predicted octanol–water partition coefficient (Wildman–Crippen LogP) is 1.80. The minimum absolute atomic E-state index is 0.0292. The standard InChI is InChI=1S/C14H22N4O3S/c1-9(2)13-15-14(17-16-13)10-5-3-4-6-18(10)11(19)7-22-8-12(20)21/h9-10H,3-8H2,1-2H3,(H,20,21)(H,15,16,17). The number of nitrogens with one attached hydrogen (secondary N) is 1. The highest BCUT2D eigenvalue weighted by molar-refractivity contribution is 8.00. The molecule has 0 saturated carbocycles. The summed E-state index contributed by atoms with van der Waals surface area (Å²) in [6, 6.07) is -0.0771. The number of likely N-dealkylation sites (tertiary alicyclic amines) is 1. The van der Waals surface area contributed by atoms with E-state index in [4.69, 9.17) is 5.11 Å². The number of aliphatic carboxylic acids is 1. The van der Waals surface area contributed by atoms with E-state index in [0.29, 0.717) is 6.54 Å². The van der Waals surface area contributed by atoms with Crippen molar-refractivity contribution < 1.29 is 14.7 Å². The van der Waals surface area contributed by atoms with Crippen LogP contribution in [0.1, 0.15) is 56.7 Å². The quantitative estimate of drug-likeness (QED) is 0.827. The van der Waals surface area contributed by atoms with Crippen LogP contribution in [0.25, 0.3) is 0 Å². The molecule has 22 heavy (non-hydrogen) atoms. The van der Waals surface area contributed by atoms with Crippen molar-refractivity contribution in [2.24, 2.45) is 0 Å². The van der Waals surface area contributed by atoms with Crippen molar-refractivity contribution >= 4 is 23.6 Å². The van der Waals surface area contributed by atoms with Crippen LogP contribution >= 0.6 is 11.8 Å². The third kappa shape index (κ3) is 4.22. The molecule has 0 bridgehead atoms. The Labute approximate surface area is 133 Å². The third-order valence-corrected chi connectivity index (χ3v) is 4.53. The van der Waals surface area contributed by atoms with Crippen molar-refractivity contribution in [2.45, 2.75) is 45.1 Å². The first-order valence-electron chi connectivity index (χ1n) is 7.50. The van der Waals surface area contributed by atoms with Crippen LogP contribution in [0.5, 0.6) is 0 Å². The SMILES string of the molecule is CC(C)c1n[nH]c(C2CCCCN2C(=O)CSCC(=O)O)n1. The predicted molar refractivity (Wildman–Crippen MR) is 83.7 cm³/mol. The number of aromatic amines is 1. The van der Waals surface area contributed by atoms with Gasteiger partial charge in [0.2, 0.25) is 5.91 Å². The molecule has 2 N–H and O–H groups in total. The number of piperidine rings is 1. The molecule has 1 aliphatic heterocycles. The van der Waals surface area contributed by atoms with Crippen LogP contribution in [-0.4, -0.2) is 55.1 Å². The molecule has 1 fully saturated rings. The molecule has 1 atom stereocenters. The fourth-order valence-electron chi connectivity index (χ4n) is 2.52. The lowest BCUT2D eigenvalue weighted by Crippen LogP contribution is -2.40. The molecule has 1 aliphatic rings. The number of aromatic nitrogens is 3. The van der Waals surface area contributed by atoms with Gasteiger partial charge in [0, 0.05) is 12.5 Å². The maximum Gasteiger partial charge on any atom is 0.313 e. The van der Waals surface area contributed by atoms with Gasteiger partial charge in [-0.3, -0.25) is 14.7 Å². The fourth-order valence-corrected chi connectivity index (χ4v) is 3.14. The largest absolute Gasteiger partial charge is 0.481 e. The molecule has 1 aromatic heterocycles. The summed E-state index contributed by atoms with van der Waals surface area (Å²) in [5.74, 6) is 0.943. The molecule has 7 nitrogen and oxygen atoms in total. The fraction of sp³-hybridized carbons (Fsp3) is 0.714. The van der Waals surface area contributed by atoms with Gasteiger partial charge in [-0.2, -0.15) is 5.10 Å². The Balaban J connectivity index is 2.03. The highest BCUT2D eigenvalue weighted by Gasteiger charge is 2.30. The van der Waals surface area contributed by atoms with Gasteiger partial charge >= 0.3 is 5.97 Å². The first-order valence-corrected chi connectivity index (χ1v) is 8.65. The second kappa shape index (κ2) is 7.62. The summed E-state index contributed by atoms with van der Waals surface area (Å²) in [5.41, 5.74) is 0. The number of carbonyl (C=O) groups is 2. The van der Waals surface area contributed by atoms with Crippen molar-refractivity contribution in [1.82, 2.24) is 20.1 Å². The second-order valence-electron chi connectivity index (χ2n) is 5.72. The number of thioether (sulfide) groups is 1. The molecular formula is C14H22N4O3S. The molecule has 1 aromatic rings. The zero-order valence-electron chi connectivity index (χ0n) is 12.9. The van der Waals surface area contributed by atoms with E-state index in [1.165, 1.54) is 0 Å². The summed E-state index contributed by atoms with van der Waals surface area (Å²) in [7, 11) is 0. The summed E-state index contributed by atoms with van der Waals surface area (Å²) >= 11 is 1.13. The lowest BCUT2D eigenvalue weighted by Gasteiger charge is -2.34. The third-order valence-electron chi connectivity index (χ3n) is 3.63. The van der Waals surface area contributed by atoms with Crippen LogP contribution in [0.15, 0.2) is 0 Å². The van der Waals surface area contributed by atoms with Crippen LogP contribution in [0.2, 0.25) is 0 Å². The Morgan fingerprint density at radius 2 is 2.18 bits per heavy atom. The van der Waals surface area contributed by atoms with Crippen molar-refractivity contribution in [1.29, 1.82) is 0 Å². The maximum atomic E-state index is 12.4. The van der Waals surface area contributed by atoms with E-state index in [0.717, 1.165) is 42.7 Å². The van der Waals surface area contributed by atoms with Crippen LogP contribution in [0.3, 0.4) is 0 Å². The molecule has 122 valence electrons. The number of hydrogen-bond acceptors (Lipinski definition) is 5. The lowest BCUT2D eigenvalue weighted by molar-refractivity contribution is -0.134. The summed E-state index contributed by atoms with van der Waals surface area (Å²) in [5, 5.41) is 15.8. The van der Waals surface area contributed by atoms with Crippen LogP contribution in [0.4, 0.5) is 0 Å². The smallest absolute Gasteiger partial charge is 0.313 e. The molecule has 1 unspecified atom stereocenters. The molecular weight excluding hydrogens is 304 g/mol. The number of amides is 1. The van der Waals surface area contributed by atoms with Crippen molar-refractivity contribution in [3.05, 3.63) is 11.6 Å². The van der Waals surface area contributed by atoms with Gasteiger partial charge in [0.05, 0.1) is 17.5 Å².